The van der Waals surface area contributed by atoms with E-state index < -0.39 is 0 Å². The maximum absolute atomic E-state index is 8.81. The van der Waals surface area contributed by atoms with Crippen LogP contribution in [0.2, 0.25) is 0 Å². The highest BCUT2D eigenvalue weighted by Crippen LogP contribution is 2.25. The van der Waals surface area contributed by atoms with Crippen LogP contribution in [0.5, 0.6) is 0 Å². The van der Waals surface area contributed by atoms with Gasteiger partial charge in [0.2, 0.25) is 0 Å². The van der Waals surface area contributed by atoms with Gasteiger partial charge in [-0.3, -0.25) is 0 Å². The Morgan fingerprint density at radius 1 is 1.62 bits per heavy atom. The Labute approximate surface area is 77.6 Å². The average Bonchev–Trinajstić information content (AvgIpc) is 2.13. The fourth-order valence-electron chi connectivity index (χ4n) is 1.63. The van der Waals surface area contributed by atoms with Crippen molar-refractivity contribution in [1.82, 2.24) is 4.98 Å². The van der Waals surface area contributed by atoms with Gasteiger partial charge in [0.25, 0.3) is 0 Å². The predicted octanol–water partition coefficient (Wildman–Crippen LogP) is 1.41. The Kier molecular flexibility index (Phi) is 1.90. The van der Waals surface area contributed by atoms with Crippen LogP contribution in [0, 0.1) is 17.2 Å². The number of pyridine rings is 1. The van der Waals surface area contributed by atoms with E-state index in [1.54, 1.807) is 6.20 Å². The fourth-order valence-corrected chi connectivity index (χ4v) is 1.63. The van der Waals surface area contributed by atoms with Gasteiger partial charge in [0.15, 0.2) is 5.69 Å². The Hall–Kier alpha value is -1.56. The summed E-state index contributed by atoms with van der Waals surface area (Å²) in [5.41, 5.74) is 1.51. The minimum Gasteiger partial charge on any atom is -0.369 e. The number of nitrogens with zero attached hydrogens (tertiary/aromatic N) is 3. The van der Waals surface area contributed by atoms with E-state index in [1.807, 2.05) is 12.1 Å². The molecule has 1 aliphatic heterocycles. The van der Waals surface area contributed by atoms with Gasteiger partial charge < -0.3 is 4.90 Å². The van der Waals surface area contributed by atoms with Crippen LogP contribution in [0.1, 0.15) is 12.6 Å². The maximum atomic E-state index is 8.81. The molecule has 66 valence electrons. The van der Waals surface area contributed by atoms with Gasteiger partial charge in [-0.2, -0.15) is 5.26 Å². The predicted molar refractivity (Wildman–Crippen MR) is 50.3 cm³/mol. The first-order valence-corrected chi connectivity index (χ1v) is 4.41. The Morgan fingerprint density at radius 3 is 3.00 bits per heavy atom. The molecule has 2 rings (SSSR count). The summed E-state index contributed by atoms with van der Waals surface area (Å²) < 4.78 is 0. The first-order chi connectivity index (χ1) is 6.31. The average molecular weight is 173 g/mol. The summed E-state index contributed by atoms with van der Waals surface area (Å²) in [4.78, 5) is 6.21. The standard InChI is InChI=1S/C10H11N3/c1-8-6-13(7-8)10-3-2-4-12-9(10)5-11/h2-4,8H,6-7H2,1H3. The molecule has 0 saturated carbocycles. The van der Waals surface area contributed by atoms with Crippen molar-refractivity contribution in [1.29, 1.82) is 5.26 Å². The molecule has 0 atom stereocenters. The molecule has 0 spiro atoms. The molecule has 0 aliphatic carbocycles. The SMILES string of the molecule is CC1CN(c2cccnc2C#N)C1. The van der Waals surface area contributed by atoms with E-state index in [1.165, 1.54) is 0 Å². The van der Waals surface area contributed by atoms with Crippen LogP contribution in [0.3, 0.4) is 0 Å². The highest BCUT2D eigenvalue weighted by Gasteiger charge is 2.24. The zero-order valence-electron chi connectivity index (χ0n) is 7.57. The van der Waals surface area contributed by atoms with Crippen molar-refractivity contribution < 1.29 is 0 Å². The lowest BCUT2D eigenvalue weighted by molar-refractivity contribution is 0.446. The van der Waals surface area contributed by atoms with Crippen molar-refractivity contribution in [3.63, 3.8) is 0 Å². The number of hydrogen-bond donors (Lipinski definition) is 0. The molecular formula is C10H11N3. The molecule has 1 aromatic heterocycles. The van der Waals surface area contributed by atoms with Crippen LogP contribution >= 0.6 is 0 Å². The lowest BCUT2D eigenvalue weighted by atomic mass is 10.0. The largest absolute Gasteiger partial charge is 0.369 e. The number of aromatic nitrogens is 1. The van der Waals surface area contributed by atoms with E-state index in [0.29, 0.717) is 5.69 Å². The molecule has 1 aliphatic rings. The summed E-state index contributed by atoms with van der Waals surface area (Å²) in [6.45, 7) is 4.29. The fraction of sp³-hybridized carbons (Fsp3) is 0.400. The highest BCUT2D eigenvalue weighted by molar-refractivity contribution is 5.57. The molecular weight excluding hydrogens is 162 g/mol. The summed E-state index contributed by atoms with van der Waals surface area (Å²) in [6, 6.07) is 5.94. The van der Waals surface area contributed by atoms with Gasteiger partial charge in [0, 0.05) is 19.3 Å². The second-order valence-electron chi connectivity index (χ2n) is 3.49. The molecule has 3 heteroatoms. The molecule has 0 N–H and O–H groups in total. The van der Waals surface area contributed by atoms with Gasteiger partial charge >= 0.3 is 0 Å². The lowest BCUT2D eigenvalue weighted by Gasteiger charge is -2.39. The van der Waals surface area contributed by atoms with Crippen LogP contribution in [0.15, 0.2) is 18.3 Å². The van der Waals surface area contributed by atoms with E-state index in [2.05, 4.69) is 22.9 Å². The number of hydrogen-bond acceptors (Lipinski definition) is 3. The third-order valence-electron chi connectivity index (χ3n) is 2.30. The molecule has 1 saturated heterocycles. The number of nitriles is 1. The molecule has 1 aromatic rings. The van der Waals surface area contributed by atoms with Crippen molar-refractivity contribution in [3.8, 4) is 6.07 Å². The molecule has 0 aromatic carbocycles. The third kappa shape index (κ3) is 1.35. The monoisotopic (exact) mass is 173 g/mol. The lowest BCUT2D eigenvalue weighted by Crippen LogP contribution is -2.45. The zero-order chi connectivity index (χ0) is 9.26. The normalized spacial score (nSPS) is 16.5. The molecule has 0 radical (unpaired) electrons. The summed E-state index contributed by atoms with van der Waals surface area (Å²) >= 11 is 0. The van der Waals surface area contributed by atoms with Crippen LogP contribution in [-0.2, 0) is 0 Å². The first-order valence-electron chi connectivity index (χ1n) is 4.41. The number of anilines is 1. The smallest absolute Gasteiger partial charge is 0.163 e. The molecule has 0 bridgehead atoms. The van der Waals surface area contributed by atoms with Gasteiger partial charge in [0.1, 0.15) is 6.07 Å². The summed E-state index contributed by atoms with van der Waals surface area (Å²) in [5.74, 6) is 0.742. The highest BCUT2D eigenvalue weighted by atomic mass is 15.2. The van der Waals surface area contributed by atoms with E-state index in [9.17, 15) is 0 Å². The third-order valence-corrected chi connectivity index (χ3v) is 2.30. The van der Waals surface area contributed by atoms with Crippen LogP contribution < -0.4 is 4.90 Å². The van der Waals surface area contributed by atoms with E-state index in [4.69, 9.17) is 5.26 Å². The minimum atomic E-state index is 0.536. The maximum Gasteiger partial charge on any atom is 0.163 e. The van der Waals surface area contributed by atoms with Crippen molar-refractivity contribution in [2.45, 2.75) is 6.92 Å². The van der Waals surface area contributed by atoms with Gasteiger partial charge in [-0.15, -0.1) is 0 Å². The van der Waals surface area contributed by atoms with E-state index in [0.717, 1.165) is 24.7 Å². The van der Waals surface area contributed by atoms with Gasteiger partial charge in [-0.25, -0.2) is 4.98 Å². The summed E-state index contributed by atoms with van der Waals surface area (Å²) in [5, 5.41) is 8.81. The molecule has 2 heterocycles. The summed E-state index contributed by atoms with van der Waals surface area (Å²) in [7, 11) is 0. The van der Waals surface area contributed by atoms with Crippen LogP contribution in [0.25, 0.3) is 0 Å². The second kappa shape index (κ2) is 3.06. The number of rotatable bonds is 1. The Bertz CT molecular complexity index is 347. The Morgan fingerprint density at radius 2 is 2.38 bits per heavy atom. The topological polar surface area (TPSA) is 39.9 Å². The molecule has 3 nitrogen and oxygen atoms in total. The quantitative estimate of drug-likeness (QED) is 0.644. The van der Waals surface area contributed by atoms with Gasteiger partial charge in [-0.1, -0.05) is 6.92 Å². The summed E-state index contributed by atoms with van der Waals surface area (Å²) in [6.07, 6.45) is 1.66. The minimum absolute atomic E-state index is 0.536. The zero-order valence-corrected chi connectivity index (χ0v) is 7.57. The van der Waals surface area contributed by atoms with Crippen molar-refractivity contribution in [2.75, 3.05) is 18.0 Å². The van der Waals surface area contributed by atoms with E-state index in [-0.39, 0.29) is 0 Å². The molecule has 0 amide bonds. The molecule has 0 unspecified atom stereocenters. The molecule has 13 heavy (non-hydrogen) atoms. The van der Waals surface area contributed by atoms with Gasteiger partial charge in [-0.05, 0) is 18.1 Å². The Balaban J connectivity index is 2.26. The molecule has 1 fully saturated rings. The van der Waals surface area contributed by atoms with Crippen LogP contribution in [0.4, 0.5) is 5.69 Å². The van der Waals surface area contributed by atoms with Crippen LogP contribution in [-0.4, -0.2) is 18.1 Å². The van der Waals surface area contributed by atoms with Crippen molar-refractivity contribution in [3.05, 3.63) is 24.0 Å². The first kappa shape index (κ1) is 8.06. The second-order valence-corrected chi connectivity index (χ2v) is 3.49. The van der Waals surface area contributed by atoms with Crippen molar-refractivity contribution in [2.24, 2.45) is 5.92 Å². The van der Waals surface area contributed by atoms with E-state index >= 15 is 0 Å². The van der Waals surface area contributed by atoms with Gasteiger partial charge in [0.05, 0.1) is 5.69 Å². The van der Waals surface area contributed by atoms with Crippen molar-refractivity contribution >= 4 is 5.69 Å².